The van der Waals surface area contributed by atoms with Crippen LogP contribution >= 0.6 is 23.4 Å². The van der Waals surface area contributed by atoms with Crippen LogP contribution in [0.1, 0.15) is 18.9 Å². The number of hydrogen-bond donors (Lipinski definition) is 1. The number of nitrogens with one attached hydrogen (secondary N) is 1. The Morgan fingerprint density at radius 3 is 2.68 bits per heavy atom. The smallest absolute Gasteiger partial charge is 0.325 e. The van der Waals surface area contributed by atoms with E-state index in [4.69, 9.17) is 11.6 Å². The monoisotopic (exact) mass is 472 g/mol. The Labute approximate surface area is 183 Å². The molecule has 164 valence electrons. The van der Waals surface area contributed by atoms with Crippen molar-refractivity contribution in [1.82, 2.24) is 9.55 Å². The zero-order valence-corrected chi connectivity index (χ0v) is 17.6. The topological polar surface area (TPSA) is 90.1 Å². The summed E-state index contributed by atoms with van der Waals surface area (Å²) in [5, 5.41) is 14.0. The number of nitro groups is 1. The molecule has 0 fully saturated rings. The lowest BCUT2D eigenvalue weighted by Gasteiger charge is -2.13. The number of fused-ring (bicyclic) bond motifs is 1. The van der Waals surface area contributed by atoms with E-state index in [1.807, 2.05) is 17.6 Å². The predicted molar refractivity (Wildman–Crippen MR) is 112 cm³/mol. The van der Waals surface area contributed by atoms with Crippen molar-refractivity contribution in [3.63, 3.8) is 0 Å². The minimum Gasteiger partial charge on any atom is -0.325 e. The highest BCUT2D eigenvalue weighted by atomic mass is 35.5. The molecule has 0 bridgehead atoms. The molecule has 0 spiro atoms. The van der Waals surface area contributed by atoms with Crippen molar-refractivity contribution >= 4 is 51.7 Å². The first-order valence-corrected chi connectivity index (χ1v) is 10.4. The highest BCUT2D eigenvalue weighted by Gasteiger charge is 2.35. The quantitative estimate of drug-likeness (QED) is 0.268. The summed E-state index contributed by atoms with van der Waals surface area (Å²) in [5.74, 6) is -0.896. The lowest BCUT2D eigenvalue weighted by molar-refractivity contribution is -0.385. The number of aromatic nitrogens is 2. The molecule has 0 aliphatic carbocycles. The molecule has 3 rings (SSSR count). The second-order valence-corrected chi connectivity index (χ2v) is 7.88. The SMILES string of the molecule is CCCn1c(SCC(=O)Nc2ccc([N+](=O)[O-])cc2C(F)(F)F)nc2cc(Cl)ccc21. The number of nitro benzene ring substituents is 1. The molecule has 12 heteroatoms. The molecule has 0 saturated carbocycles. The molecule has 31 heavy (non-hydrogen) atoms. The van der Waals surface area contributed by atoms with Gasteiger partial charge in [-0.05, 0) is 30.7 Å². The number of non-ortho nitro benzene ring substituents is 1. The van der Waals surface area contributed by atoms with Crippen LogP contribution in [-0.2, 0) is 17.5 Å². The fourth-order valence-electron chi connectivity index (χ4n) is 2.94. The summed E-state index contributed by atoms with van der Waals surface area (Å²) in [6, 6.07) is 7.41. The lowest BCUT2D eigenvalue weighted by atomic mass is 10.1. The average molecular weight is 473 g/mol. The predicted octanol–water partition coefficient (Wildman–Crippen LogP) is 5.76. The number of benzene rings is 2. The third kappa shape index (κ3) is 5.28. The summed E-state index contributed by atoms with van der Waals surface area (Å²) in [4.78, 5) is 26.7. The Balaban J connectivity index is 1.79. The first-order chi connectivity index (χ1) is 14.6. The third-order valence-corrected chi connectivity index (χ3v) is 5.46. The molecule has 0 saturated heterocycles. The van der Waals surface area contributed by atoms with Gasteiger partial charge in [0, 0.05) is 23.7 Å². The number of amides is 1. The van der Waals surface area contributed by atoms with Gasteiger partial charge < -0.3 is 9.88 Å². The van der Waals surface area contributed by atoms with E-state index in [2.05, 4.69) is 10.3 Å². The molecule has 1 aromatic heterocycles. The van der Waals surface area contributed by atoms with Gasteiger partial charge in [0.2, 0.25) is 5.91 Å². The molecule has 3 aromatic rings. The van der Waals surface area contributed by atoms with E-state index in [1.54, 1.807) is 12.1 Å². The van der Waals surface area contributed by atoms with Crippen molar-refractivity contribution in [3.8, 4) is 0 Å². The van der Waals surface area contributed by atoms with E-state index in [-0.39, 0.29) is 5.75 Å². The van der Waals surface area contributed by atoms with Crippen molar-refractivity contribution in [2.24, 2.45) is 0 Å². The molecule has 0 aliphatic heterocycles. The number of carbonyl (C=O) groups is 1. The first kappa shape index (κ1) is 22.9. The Morgan fingerprint density at radius 2 is 2.03 bits per heavy atom. The largest absolute Gasteiger partial charge is 0.418 e. The highest BCUT2D eigenvalue weighted by Crippen LogP contribution is 2.37. The first-order valence-electron chi connectivity index (χ1n) is 9.04. The molecular weight excluding hydrogens is 457 g/mol. The van der Waals surface area contributed by atoms with Crippen LogP contribution in [0.15, 0.2) is 41.6 Å². The van der Waals surface area contributed by atoms with E-state index >= 15 is 0 Å². The zero-order valence-electron chi connectivity index (χ0n) is 16.1. The number of rotatable bonds is 7. The van der Waals surface area contributed by atoms with Crippen LogP contribution in [0.5, 0.6) is 0 Å². The summed E-state index contributed by atoms with van der Waals surface area (Å²) in [6.45, 7) is 2.62. The van der Waals surface area contributed by atoms with E-state index in [1.165, 1.54) is 0 Å². The maximum atomic E-state index is 13.3. The number of anilines is 1. The molecule has 2 aromatic carbocycles. The molecule has 1 N–H and O–H groups in total. The van der Waals surface area contributed by atoms with E-state index < -0.39 is 33.9 Å². The molecular formula is C19H16ClF3N4O3S. The minimum absolute atomic E-state index is 0.199. The number of halogens is 4. The zero-order chi connectivity index (χ0) is 22.8. The van der Waals surface area contributed by atoms with E-state index in [0.717, 1.165) is 35.8 Å². The Bertz CT molecular complexity index is 1150. The molecule has 1 heterocycles. The van der Waals surface area contributed by atoms with Crippen molar-refractivity contribution < 1.29 is 22.9 Å². The average Bonchev–Trinajstić information content (AvgIpc) is 3.02. The fourth-order valence-corrected chi connectivity index (χ4v) is 3.94. The second kappa shape index (κ2) is 9.15. The maximum Gasteiger partial charge on any atom is 0.418 e. The van der Waals surface area contributed by atoms with Gasteiger partial charge in [-0.2, -0.15) is 13.2 Å². The van der Waals surface area contributed by atoms with Crippen LogP contribution < -0.4 is 5.32 Å². The van der Waals surface area contributed by atoms with E-state index in [0.29, 0.717) is 28.3 Å². The van der Waals surface area contributed by atoms with Crippen LogP contribution in [0, 0.1) is 10.1 Å². The Morgan fingerprint density at radius 1 is 1.29 bits per heavy atom. The van der Waals surface area contributed by atoms with Gasteiger partial charge in [-0.1, -0.05) is 30.3 Å². The lowest BCUT2D eigenvalue weighted by Crippen LogP contribution is -2.18. The molecule has 0 radical (unpaired) electrons. The number of nitrogens with zero attached hydrogens (tertiary/aromatic N) is 3. The van der Waals surface area contributed by atoms with Crippen molar-refractivity contribution in [2.75, 3.05) is 11.1 Å². The summed E-state index contributed by atoms with van der Waals surface area (Å²) in [6.07, 6.45) is -4.05. The van der Waals surface area contributed by atoms with Gasteiger partial charge in [-0.15, -0.1) is 0 Å². The van der Waals surface area contributed by atoms with Crippen LogP contribution in [0.25, 0.3) is 11.0 Å². The number of aryl methyl sites for hydroxylation is 1. The van der Waals surface area contributed by atoms with Gasteiger partial charge in [0.1, 0.15) is 0 Å². The summed E-state index contributed by atoms with van der Waals surface area (Å²) in [7, 11) is 0. The van der Waals surface area contributed by atoms with Gasteiger partial charge in [0.05, 0.1) is 33.0 Å². The number of imidazole rings is 1. The minimum atomic E-state index is -4.86. The molecule has 7 nitrogen and oxygen atoms in total. The van der Waals surface area contributed by atoms with Crippen molar-refractivity contribution in [1.29, 1.82) is 0 Å². The molecule has 1 amide bonds. The van der Waals surface area contributed by atoms with E-state index in [9.17, 15) is 28.1 Å². The van der Waals surface area contributed by atoms with Crippen LogP contribution in [0.2, 0.25) is 5.02 Å². The van der Waals surface area contributed by atoms with Crippen LogP contribution in [0.4, 0.5) is 24.5 Å². The van der Waals surface area contributed by atoms with Gasteiger partial charge in [0.15, 0.2) is 5.16 Å². The maximum absolute atomic E-state index is 13.3. The van der Waals surface area contributed by atoms with Crippen LogP contribution in [0.3, 0.4) is 0 Å². The van der Waals surface area contributed by atoms with Gasteiger partial charge in [-0.25, -0.2) is 4.98 Å². The summed E-state index contributed by atoms with van der Waals surface area (Å²) in [5.41, 5.74) is -1.06. The molecule has 0 aliphatic rings. The second-order valence-electron chi connectivity index (χ2n) is 6.50. The number of thioether (sulfide) groups is 1. The van der Waals surface area contributed by atoms with Crippen molar-refractivity contribution in [3.05, 3.63) is 57.1 Å². The van der Waals surface area contributed by atoms with Crippen molar-refractivity contribution in [2.45, 2.75) is 31.2 Å². The Hall–Kier alpha value is -2.79. The normalized spacial score (nSPS) is 11.6. The van der Waals surface area contributed by atoms with Gasteiger partial charge in [0.25, 0.3) is 5.69 Å². The number of hydrogen-bond acceptors (Lipinski definition) is 5. The van der Waals surface area contributed by atoms with Crippen LogP contribution in [-0.4, -0.2) is 26.1 Å². The standard InChI is InChI=1S/C19H16ClF3N4O3S/c1-2-7-26-16-6-3-11(20)8-15(16)25-18(26)31-10-17(28)24-14-5-4-12(27(29)30)9-13(14)19(21,22)23/h3-6,8-9H,2,7,10H2,1H3,(H,24,28). The molecule has 0 atom stereocenters. The highest BCUT2D eigenvalue weighted by molar-refractivity contribution is 7.99. The third-order valence-electron chi connectivity index (χ3n) is 4.25. The van der Waals surface area contributed by atoms with Gasteiger partial charge in [-0.3, -0.25) is 14.9 Å². The summed E-state index contributed by atoms with van der Waals surface area (Å²) >= 11 is 7.08. The van der Waals surface area contributed by atoms with Gasteiger partial charge >= 0.3 is 6.18 Å². The summed E-state index contributed by atoms with van der Waals surface area (Å²) < 4.78 is 41.7. The molecule has 0 unspecified atom stereocenters. The Kier molecular flexibility index (Phi) is 6.75. The fraction of sp³-hybridized carbons (Fsp3) is 0.263. The number of alkyl halides is 3. The number of carbonyl (C=O) groups excluding carboxylic acids is 1.